The number of hydrogen-bond donors (Lipinski definition) is 1. The van der Waals surface area contributed by atoms with Gasteiger partial charge in [-0.1, -0.05) is 30.3 Å². The summed E-state index contributed by atoms with van der Waals surface area (Å²) in [7, 11) is 1.67. The number of aryl methyl sites for hydroxylation is 1. The molecule has 3 aromatic carbocycles. The normalized spacial score (nSPS) is 11.1. The number of rotatable bonds is 8. The molecule has 5 heteroatoms. The highest BCUT2D eigenvalue weighted by Crippen LogP contribution is 2.23. The molecule has 1 heterocycles. The first kappa shape index (κ1) is 19.4. The number of para-hydroxylation sites is 1. The predicted octanol–water partition coefficient (Wildman–Crippen LogP) is 5.49. The molecule has 4 rings (SSSR count). The number of aromatic nitrogens is 1. The average molecular weight is 405 g/mol. The van der Waals surface area contributed by atoms with Crippen LogP contribution in [0, 0.1) is 0 Å². The Hall–Kier alpha value is -2.92. The van der Waals surface area contributed by atoms with E-state index in [2.05, 4.69) is 34.6 Å². The number of ether oxygens (including phenoxy) is 1. The van der Waals surface area contributed by atoms with E-state index in [1.807, 2.05) is 36.4 Å². The summed E-state index contributed by atoms with van der Waals surface area (Å²) in [5, 5.41) is 6.46. The van der Waals surface area contributed by atoms with Crippen LogP contribution in [-0.4, -0.2) is 18.0 Å². The van der Waals surface area contributed by atoms with Crippen molar-refractivity contribution in [3.63, 3.8) is 0 Å². The van der Waals surface area contributed by atoms with Gasteiger partial charge in [0.05, 0.1) is 22.3 Å². The monoisotopic (exact) mass is 404 g/mol. The molecule has 148 valence electrons. The van der Waals surface area contributed by atoms with Crippen LogP contribution in [-0.2, 0) is 17.8 Å². The topological polar surface area (TPSA) is 51.2 Å². The highest BCUT2D eigenvalue weighted by atomic mass is 32.1. The van der Waals surface area contributed by atoms with Crippen LogP contribution >= 0.6 is 11.3 Å². The van der Waals surface area contributed by atoms with Crippen molar-refractivity contribution < 1.29 is 9.53 Å². The van der Waals surface area contributed by atoms with Crippen molar-refractivity contribution in [1.82, 2.24) is 10.3 Å². The lowest BCUT2D eigenvalue weighted by Crippen LogP contribution is -2.22. The SMILES string of the molecule is COc1ccc2cc(CNC(=O)CCCCc3nc4ccccc4s3)ccc2c1. The predicted molar refractivity (Wildman–Crippen MR) is 120 cm³/mol. The zero-order chi connectivity index (χ0) is 20.1. The van der Waals surface area contributed by atoms with Gasteiger partial charge in [0.15, 0.2) is 0 Å². The molecule has 0 saturated carbocycles. The molecule has 0 aliphatic carbocycles. The van der Waals surface area contributed by atoms with E-state index in [1.54, 1.807) is 18.4 Å². The molecule has 1 aromatic heterocycles. The summed E-state index contributed by atoms with van der Waals surface area (Å²) >= 11 is 1.75. The van der Waals surface area contributed by atoms with E-state index in [4.69, 9.17) is 4.74 Å². The summed E-state index contributed by atoms with van der Waals surface area (Å²) in [5.41, 5.74) is 2.17. The number of nitrogens with zero attached hydrogens (tertiary/aromatic N) is 1. The zero-order valence-corrected chi connectivity index (χ0v) is 17.3. The van der Waals surface area contributed by atoms with Crippen molar-refractivity contribution in [2.45, 2.75) is 32.2 Å². The van der Waals surface area contributed by atoms with Crippen LogP contribution in [0.4, 0.5) is 0 Å². The summed E-state index contributed by atoms with van der Waals surface area (Å²) in [6, 6.07) is 20.5. The van der Waals surface area contributed by atoms with Crippen LogP contribution in [0.15, 0.2) is 60.7 Å². The molecule has 0 atom stereocenters. The van der Waals surface area contributed by atoms with E-state index in [9.17, 15) is 4.79 Å². The van der Waals surface area contributed by atoms with Crippen LogP contribution in [0.1, 0.15) is 29.8 Å². The maximum atomic E-state index is 12.2. The van der Waals surface area contributed by atoms with Gasteiger partial charge < -0.3 is 10.1 Å². The number of hydrogen-bond acceptors (Lipinski definition) is 4. The first-order valence-electron chi connectivity index (χ1n) is 9.89. The zero-order valence-electron chi connectivity index (χ0n) is 16.5. The summed E-state index contributed by atoms with van der Waals surface area (Å²) in [5.74, 6) is 0.952. The van der Waals surface area contributed by atoms with Crippen LogP contribution in [0.3, 0.4) is 0 Å². The van der Waals surface area contributed by atoms with Crippen LogP contribution in [0.25, 0.3) is 21.0 Å². The van der Waals surface area contributed by atoms with Crippen molar-refractivity contribution in [1.29, 1.82) is 0 Å². The molecule has 0 radical (unpaired) electrons. The van der Waals surface area contributed by atoms with Gasteiger partial charge in [0.2, 0.25) is 5.91 Å². The van der Waals surface area contributed by atoms with Gasteiger partial charge in [-0.25, -0.2) is 4.98 Å². The molecular formula is C24H24N2O2S. The number of benzene rings is 3. The fourth-order valence-corrected chi connectivity index (χ4v) is 4.40. The summed E-state index contributed by atoms with van der Waals surface area (Å²) < 4.78 is 6.49. The minimum Gasteiger partial charge on any atom is -0.497 e. The molecule has 4 nitrogen and oxygen atoms in total. The maximum Gasteiger partial charge on any atom is 0.220 e. The summed E-state index contributed by atoms with van der Waals surface area (Å²) in [6.45, 7) is 0.554. The number of methoxy groups -OCH3 is 1. The molecule has 0 saturated heterocycles. The molecule has 29 heavy (non-hydrogen) atoms. The van der Waals surface area contributed by atoms with Crippen molar-refractivity contribution in [2.75, 3.05) is 7.11 Å². The standard InChI is InChI=1S/C24H24N2O2S/c1-28-20-13-12-18-14-17(10-11-19(18)15-20)16-25-23(27)8-4-5-9-24-26-21-6-2-3-7-22(21)29-24/h2-3,6-7,10-15H,4-5,8-9,16H2,1H3,(H,25,27). The molecule has 0 bridgehead atoms. The van der Waals surface area contributed by atoms with Crippen LogP contribution in [0.2, 0.25) is 0 Å². The first-order chi connectivity index (χ1) is 14.2. The number of fused-ring (bicyclic) bond motifs is 2. The minimum atomic E-state index is 0.101. The lowest BCUT2D eigenvalue weighted by atomic mass is 10.1. The van der Waals surface area contributed by atoms with Gasteiger partial charge in [-0.15, -0.1) is 11.3 Å². The highest BCUT2D eigenvalue weighted by molar-refractivity contribution is 7.18. The fraction of sp³-hybridized carbons (Fsp3) is 0.250. The Morgan fingerprint density at radius 1 is 1.03 bits per heavy atom. The number of carbonyl (C=O) groups excluding carboxylic acids is 1. The summed E-state index contributed by atoms with van der Waals surface area (Å²) in [6.07, 6.45) is 3.33. The Bertz CT molecular complexity index is 1100. The quantitative estimate of drug-likeness (QED) is 0.395. The van der Waals surface area contributed by atoms with Crippen LogP contribution in [0.5, 0.6) is 5.75 Å². The van der Waals surface area contributed by atoms with Crippen molar-refractivity contribution in [3.8, 4) is 5.75 Å². The van der Waals surface area contributed by atoms with E-state index in [0.717, 1.165) is 51.9 Å². The molecule has 0 aliphatic heterocycles. The second-order valence-electron chi connectivity index (χ2n) is 7.11. The Morgan fingerprint density at radius 2 is 1.86 bits per heavy atom. The van der Waals surface area contributed by atoms with Gasteiger partial charge in [-0.05, 0) is 65.9 Å². The lowest BCUT2D eigenvalue weighted by molar-refractivity contribution is -0.121. The smallest absolute Gasteiger partial charge is 0.220 e. The van der Waals surface area contributed by atoms with E-state index in [0.29, 0.717) is 13.0 Å². The maximum absolute atomic E-state index is 12.2. The molecule has 0 unspecified atom stereocenters. The van der Waals surface area contributed by atoms with Gasteiger partial charge >= 0.3 is 0 Å². The van der Waals surface area contributed by atoms with Gasteiger partial charge in [-0.2, -0.15) is 0 Å². The third kappa shape index (κ3) is 4.93. The molecule has 1 amide bonds. The van der Waals surface area contributed by atoms with E-state index in [1.165, 1.54) is 4.70 Å². The van der Waals surface area contributed by atoms with Crippen molar-refractivity contribution in [3.05, 3.63) is 71.2 Å². The molecule has 0 fully saturated rings. The van der Waals surface area contributed by atoms with E-state index in [-0.39, 0.29) is 5.91 Å². The average Bonchev–Trinajstić information content (AvgIpc) is 3.17. The number of amides is 1. The number of unbranched alkanes of at least 4 members (excludes halogenated alkanes) is 1. The molecule has 0 spiro atoms. The highest BCUT2D eigenvalue weighted by Gasteiger charge is 2.06. The van der Waals surface area contributed by atoms with Gasteiger partial charge in [0.25, 0.3) is 0 Å². The number of nitrogens with one attached hydrogen (secondary N) is 1. The van der Waals surface area contributed by atoms with Crippen molar-refractivity contribution in [2.24, 2.45) is 0 Å². The second-order valence-corrected chi connectivity index (χ2v) is 8.22. The first-order valence-corrected chi connectivity index (χ1v) is 10.7. The Labute approximate surface area is 174 Å². The Morgan fingerprint density at radius 3 is 2.72 bits per heavy atom. The minimum absolute atomic E-state index is 0.101. The lowest BCUT2D eigenvalue weighted by Gasteiger charge is -2.08. The Kier molecular flexibility index (Phi) is 6.06. The van der Waals surface area contributed by atoms with Crippen molar-refractivity contribution >= 4 is 38.2 Å². The number of carbonyl (C=O) groups is 1. The second kappa shape index (κ2) is 9.05. The molecular weight excluding hydrogens is 380 g/mol. The fourth-order valence-electron chi connectivity index (χ4n) is 3.39. The largest absolute Gasteiger partial charge is 0.497 e. The summed E-state index contributed by atoms with van der Waals surface area (Å²) in [4.78, 5) is 16.8. The van der Waals surface area contributed by atoms with Gasteiger partial charge in [0.1, 0.15) is 5.75 Å². The third-order valence-corrected chi connectivity index (χ3v) is 6.08. The third-order valence-electron chi connectivity index (χ3n) is 4.98. The molecule has 0 aliphatic rings. The van der Waals surface area contributed by atoms with Gasteiger partial charge in [0, 0.05) is 13.0 Å². The van der Waals surface area contributed by atoms with E-state index >= 15 is 0 Å². The molecule has 4 aromatic rings. The van der Waals surface area contributed by atoms with E-state index < -0.39 is 0 Å². The van der Waals surface area contributed by atoms with Gasteiger partial charge in [-0.3, -0.25) is 4.79 Å². The Balaban J connectivity index is 1.22. The van der Waals surface area contributed by atoms with Crippen LogP contribution < -0.4 is 10.1 Å². The number of thiazole rings is 1. The molecule has 1 N–H and O–H groups in total.